The number of aliphatic hydroxyl groups is 1. The van der Waals surface area contributed by atoms with Gasteiger partial charge in [-0.05, 0) is 13.0 Å². The average molecular weight is 170 g/mol. The number of aryl methyl sites for hydroxylation is 1. The largest absolute Gasteiger partial charge is 0.381 e. The van der Waals surface area contributed by atoms with Gasteiger partial charge in [0.15, 0.2) is 0 Å². The highest BCUT2D eigenvalue weighted by molar-refractivity contribution is 5.08. The molecule has 4 nitrogen and oxygen atoms in total. The molecule has 1 aromatic heterocycles. The molecule has 1 unspecified atom stereocenters. The van der Waals surface area contributed by atoms with Gasteiger partial charge in [-0.3, -0.25) is 4.68 Å². The van der Waals surface area contributed by atoms with Crippen LogP contribution in [0.4, 0.5) is 0 Å². The standard InChI is InChI=1S/C8H14N2O2/c1-8(11,6-12-3)7-4-5-10(2)9-7/h4-5,11H,6H2,1-3H3. The van der Waals surface area contributed by atoms with Crippen LogP contribution in [0.5, 0.6) is 0 Å². The lowest BCUT2D eigenvalue weighted by Gasteiger charge is -2.19. The van der Waals surface area contributed by atoms with Gasteiger partial charge in [0.25, 0.3) is 0 Å². The number of aromatic nitrogens is 2. The number of nitrogens with zero attached hydrogens (tertiary/aromatic N) is 2. The number of hydrogen-bond acceptors (Lipinski definition) is 3. The van der Waals surface area contributed by atoms with Crippen LogP contribution in [0.2, 0.25) is 0 Å². The molecule has 1 aromatic rings. The van der Waals surface area contributed by atoms with Gasteiger partial charge in [-0.25, -0.2) is 0 Å². The molecule has 0 saturated heterocycles. The fourth-order valence-electron chi connectivity index (χ4n) is 1.06. The van der Waals surface area contributed by atoms with E-state index in [-0.39, 0.29) is 6.61 Å². The van der Waals surface area contributed by atoms with Crippen LogP contribution in [0.1, 0.15) is 12.6 Å². The minimum Gasteiger partial charge on any atom is -0.381 e. The number of methoxy groups -OCH3 is 1. The van der Waals surface area contributed by atoms with Crippen LogP contribution in [-0.4, -0.2) is 28.6 Å². The van der Waals surface area contributed by atoms with E-state index in [9.17, 15) is 5.11 Å². The quantitative estimate of drug-likeness (QED) is 0.708. The van der Waals surface area contributed by atoms with E-state index in [2.05, 4.69) is 5.10 Å². The average Bonchev–Trinajstić information content (AvgIpc) is 2.36. The predicted octanol–water partition coefficient (Wildman–Crippen LogP) is 0.274. The van der Waals surface area contributed by atoms with E-state index < -0.39 is 5.60 Å². The third-order valence-electron chi connectivity index (χ3n) is 1.69. The van der Waals surface area contributed by atoms with Gasteiger partial charge in [-0.2, -0.15) is 5.10 Å². The first kappa shape index (κ1) is 9.22. The molecule has 1 atom stereocenters. The molecule has 12 heavy (non-hydrogen) atoms. The van der Waals surface area contributed by atoms with E-state index in [0.717, 1.165) is 0 Å². The summed E-state index contributed by atoms with van der Waals surface area (Å²) in [6, 6.07) is 1.78. The van der Waals surface area contributed by atoms with Gasteiger partial charge in [0.1, 0.15) is 5.60 Å². The van der Waals surface area contributed by atoms with E-state index in [0.29, 0.717) is 5.69 Å². The summed E-state index contributed by atoms with van der Waals surface area (Å²) in [7, 11) is 3.36. The van der Waals surface area contributed by atoms with Gasteiger partial charge < -0.3 is 9.84 Å². The molecular formula is C8H14N2O2. The Morgan fingerprint density at radius 1 is 1.75 bits per heavy atom. The first-order chi connectivity index (χ1) is 5.56. The minimum absolute atomic E-state index is 0.254. The van der Waals surface area contributed by atoms with Crippen molar-refractivity contribution >= 4 is 0 Å². The second-order valence-electron chi connectivity index (χ2n) is 3.08. The second kappa shape index (κ2) is 3.25. The van der Waals surface area contributed by atoms with Crippen LogP contribution in [0, 0.1) is 0 Å². The Morgan fingerprint density at radius 3 is 2.83 bits per heavy atom. The van der Waals surface area contributed by atoms with E-state index in [1.54, 1.807) is 31.0 Å². The van der Waals surface area contributed by atoms with E-state index >= 15 is 0 Å². The molecule has 0 aliphatic heterocycles. The third-order valence-corrected chi connectivity index (χ3v) is 1.69. The number of rotatable bonds is 3. The summed E-state index contributed by atoms with van der Waals surface area (Å²) in [6.07, 6.45) is 1.79. The summed E-state index contributed by atoms with van der Waals surface area (Å²) in [5.74, 6) is 0. The Morgan fingerprint density at radius 2 is 2.42 bits per heavy atom. The van der Waals surface area contributed by atoms with Gasteiger partial charge in [0, 0.05) is 20.4 Å². The fraction of sp³-hybridized carbons (Fsp3) is 0.625. The summed E-state index contributed by atoms with van der Waals surface area (Å²) in [5, 5.41) is 13.9. The Hall–Kier alpha value is -0.870. The SMILES string of the molecule is COCC(C)(O)c1ccn(C)n1. The van der Waals surface area contributed by atoms with Crippen LogP contribution in [-0.2, 0) is 17.4 Å². The third kappa shape index (κ3) is 1.84. The van der Waals surface area contributed by atoms with Crippen molar-refractivity contribution in [3.63, 3.8) is 0 Å². The van der Waals surface area contributed by atoms with Crippen LogP contribution in [0.25, 0.3) is 0 Å². The van der Waals surface area contributed by atoms with Gasteiger partial charge >= 0.3 is 0 Å². The first-order valence-corrected chi connectivity index (χ1v) is 3.78. The van der Waals surface area contributed by atoms with E-state index in [4.69, 9.17) is 4.74 Å². The highest BCUT2D eigenvalue weighted by atomic mass is 16.5. The van der Waals surface area contributed by atoms with Crippen molar-refractivity contribution in [2.24, 2.45) is 7.05 Å². The lowest BCUT2D eigenvalue weighted by atomic mass is 10.0. The predicted molar refractivity (Wildman–Crippen MR) is 44.7 cm³/mol. The van der Waals surface area contributed by atoms with Crippen molar-refractivity contribution in [1.29, 1.82) is 0 Å². The van der Waals surface area contributed by atoms with Crippen molar-refractivity contribution in [2.45, 2.75) is 12.5 Å². The normalized spacial score (nSPS) is 16.0. The molecule has 4 heteroatoms. The topological polar surface area (TPSA) is 47.3 Å². The van der Waals surface area contributed by atoms with Crippen LogP contribution < -0.4 is 0 Å². The smallest absolute Gasteiger partial charge is 0.129 e. The second-order valence-corrected chi connectivity index (χ2v) is 3.08. The van der Waals surface area contributed by atoms with Crippen LogP contribution >= 0.6 is 0 Å². The molecule has 0 amide bonds. The summed E-state index contributed by atoms with van der Waals surface area (Å²) < 4.78 is 6.52. The molecule has 0 aliphatic rings. The zero-order valence-electron chi connectivity index (χ0n) is 7.61. The van der Waals surface area contributed by atoms with Crippen molar-refractivity contribution in [1.82, 2.24) is 9.78 Å². The maximum atomic E-state index is 9.80. The summed E-state index contributed by atoms with van der Waals surface area (Å²) in [5.41, 5.74) is -0.359. The molecule has 1 N–H and O–H groups in total. The van der Waals surface area contributed by atoms with Crippen molar-refractivity contribution in [3.05, 3.63) is 18.0 Å². The van der Waals surface area contributed by atoms with Crippen molar-refractivity contribution in [3.8, 4) is 0 Å². The highest BCUT2D eigenvalue weighted by Gasteiger charge is 2.25. The Labute approximate surface area is 71.8 Å². The van der Waals surface area contributed by atoms with Crippen LogP contribution in [0.3, 0.4) is 0 Å². The molecule has 0 fully saturated rings. The first-order valence-electron chi connectivity index (χ1n) is 3.78. The van der Waals surface area contributed by atoms with Crippen LogP contribution in [0.15, 0.2) is 12.3 Å². The molecule has 68 valence electrons. The molecule has 0 bridgehead atoms. The lowest BCUT2D eigenvalue weighted by molar-refractivity contribution is -0.0243. The molecule has 0 aliphatic carbocycles. The molecule has 1 rings (SSSR count). The zero-order chi connectivity index (χ0) is 9.19. The van der Waals surface area contributed by atoms with Gasteiger partial charge in [-0.1, -0.05) is 0 Å². The Kier molecular flexibility index (Phi) is 2.49. The summed E-state index contributed by atoms with van der Waals surface area (Å²) >= 11 is 0. The maximum Gasteiger partial charge on any atom is 0.129 e. The molecule has 0 aromatic carbocycles. The fourth-order valence-corrected chi connectivity index (χ4v) is 1.06. The molecular weight excluding hydrogens is 156 g/mol. The van der Waals surface area contributed by atoms with E-state index in [1.807, 2.05) is 7.05 Å². The van der Waals surface area contributed by atoms with Gasteiger partial charge in [-0.15, -0.1) is 0 Å². The number of ether oxygens (including phenoxy) is 1. The lowest BCUT2D eigenvalue weighted by Crippen LogP contribution is -2.27. The van der Waals surface area contributed by atoms with E-state index in [1.165, 1.54) is 0 Å². The maximum absolute atomic E-state index is 9.80. The molecule has 0 saturated carbocycles. The molecule has 0 radical (unpaired) electrons. The molecule has 0 spiro atoms. The zero-order valence-corrected chi connectivity index (χ0v) is 7.61. The van der Waals surface area contributed by atoms with Gasteiger partial charge in [0.2, 0.25) is 0 Å². The summed E-state index contributed by atoms with van der Waals surface area (Å²) in [4.78, 5) is 0. The van der Waals surface area contributed by atoms with Gasteiger partial charge in [0.05, 0.1) is 12.3 Å². The Bertz CT molecular complexity index is 255. The monoisotopic (exact) mass is 170 g/mol. The number of hydrogen-bond donors (Lipinski definition) is 1. The molecule has 1 heterocycles. The minimum atomic E-state index is -0.990. The van der Waals surface area contributed by atoms with Crippen molar-refractivity contribution in [2.75, 3.05) is 13.7 Å². The highest BCUT2D eigenvalue weighted by Crippen LogP contribution is 2.17. The van der Waals surface area contributed by atoms with Crippen molar-refractivity contribution < 1.29 is 9.84 Å². The summed E-state index contributed by atoms with van der Waals surface area (Å²) in [6.45, 7) is 1.93. The Balaban J connectivity index is 2.81.